The van der Waals surface area contributed by atoms with E-state index in [0.717, 1.165) is 6.07 Å². The Balaban J connectivity index is 1.72. The third kappa shape index (κ3) is 4.95. The Bertz CT molecular complexity index is 1100. The van der Waals surface area contributed by atoms with Crippen LogP contribution in [-0.2, 0) is 24.1 Å². The smallest absolute Gasteiger partial charge is 0.323 e. The van der Waals surface area contributed by atoms with Gasteiger partial charge in [-0.2, -0.15) is 23.4 Å². The van der Waals surface area contributed by atoms with Gasteiger partial charge in [0, 0.05) is 11.3 Å². The summed E-state index contributed by atoms with van der Waals surface area (Å²) in [6, 6.07) is 7.31. The molecule has 0 fully saturated rings. The molecule has 1 N–H and O–H groups in total. The van der Waals surface area contributed by atoms with Crippen molar-refractivity contribution in [2.45, 2.75) is 47.0 Å². The summed E-state index contributed by atoms with van der Waals surface area (Å²) in [5.74, 6) is -1.37. The van der Waals surface area contributed by atoms with Gasteiger partial charge in [-0.25, -0.2) is 4.39 Å². The molecule has 1 unspecified atom stereocenters. The molecule has 3 aromatic rings. The third-order valence-electron chi connectivity index (χ3n) is 5.07. The summed E-state index contributed by atoms with van der Waals surface area (Å²) in [5, 5.41) is 10.7. The number of nitrogens with one attached hydrogen (secondary N) is 1. The summed E-state index contributed by atoms with van der Waals surface area (Å²) >= 11 is 0. The van der Waals surface area contributed by atoms with Gasteiger partial charge in [-0.05, 0) is 32.9 Å². The number of halogens is 4. The fourth-order valence-electron chi connectivity index (χ4n) is 3.24. The third-order valence-corrected chi connectivity index (χ3v) is 5.07. The first-order chi connectivity index (χ1) is 14.5. The molecule has 0 spiro atoms. The Morgan fingerprint density at radius 2 is 1.81 bits per heavy atom. The normalized spacial score (nSPS) is 12.8. The maximum atomic E-state index is 14.0. The van der Waals surface area contributed by atoms with Gasteiger partial charge in [0.15, 0.2) is 5.69 Å². The Morgan fingerprint density at radius 3 is 2.42 bits per heavy atom. The molecule has 6 nitrogen and oxygen atoms in total. The summed E-state index contributed by atoms with van der Waals surface area (Å²) in [5.41, 5.74) is 1.51. The molecule has 3 rings (SSSR count). The van der Waals surface area contributed by atoms with Gasteiger partial charge in [0.25, 0.3) is 0 Å². The van der Waals surface area contributed by atoms with Crippen LogP contribution in [0.5, 0.6) is 0 Å². The van der Waals surface area contributed by atoms with E-state index in [0.29, 0.717) is 28.3 Å². The van der Waals surface area contributed by atoms with Crippen LogP contribution in [0.1, 0.15) is 35.3 Å². The summed E-state index contributed by atoms with van der Waals surface area (Å²) in [6.07, 6.45) is -4.54. The van der Waals surface area contributed by atoms with Crippen LogP contribution in [0.3, 0.4) is 0 Å². The lowest BCUT2D eigenvalue weighted by Gasteiger charge is -2.14. The number of hydrogen-bond acceptors (Lipinski definition) is 3. The second-order valence-electron chi connectivity index (χ2n) is 7.54. The topological polar surface area (TPSA) is 64.7 Å². The molecule has 2 heterocycles. The molecule has 31 heavy (non-hydrogen) atoms. The predicted octanol–water partition coefficient (Wildman–Crippen LogP) is 4.49. The molecular weight excluding hydrogens is 414 g/mol. The number of aryl methyl sites for hydroxylation is 2. The highest BCUT2D eigenvalue weighted by Gasteiger charge is 2.34. The predicted molar refractivity (Wildman–Crippen MR) is 107 cm³/mol. The highest BCUT2D eigenvalue weighted by molar-refractivity contribution is 5.93. The molecule has 1 atom stereocenters. The lowest BCUT2D eigenvalue weighted by atomic mass is 10.1. The van der Waals surface area contributed by atoms with Crippen molar-refractivity contribution in [3.8, 4) is 0 Å². The average molecular weight is 437 g/mol. The van der Waals surface area contributed by atoms with Gasteiger partial charge >= 0.3 is 6.18 Å². The van der Waals surface area contributed by atoms with Crippen molar-refractivity contribution < 1.29 is 22.4 Å². The van der Waals surface area contributed by atoms with Gasteiger partial charge in [0.05, 0.1) is 36.1 Å². The Labute approximate surface area is 176 Å². The average Bonchev–Trinajstić information content (AvgIpc) is 3.18. The van der Waals surface area contributed by atoms with E-state index < -0.39 is 17.8 Å². The van der Waals surface area contributed by atoms with Gasteiger partial charge < -0.3 is 5.32 Å². The molecule has 0 radical (unpaired) electrons. The molecule has 0 aliphatic rings. The molecule has 0 aliphatic heterocycles. The summed E-state index contributed by atoms with van der Waals surface area (Å²) in [4.78, 5) is 12.7. The SMILES string of the molecule is Cc1nn(Cc2ccccc2F)c(C)c1NC(=O)C(C)Cn1nc(C(F)(F)F)cc1C. The number of amides is 1. The van der Waals surface area contributed by atoms with Crippen molar-refractivity contribution in [1.29, 1.82) is 0 Å². The molecule has 0 saturated heterocycles. The van der Waals surface area contributed by atoms with Crippen LogP contribution in [0.15, 0.2) is 30.3 Å². The molecule has 1 aromatic carbocycles. The van der Waals surface area contributed by atoms with Crippen molar-refractivity contribution in [2.24, 2.45) is 5.92 Å². The Kier molecular flexibility index (Phi) is 6.19. The minimum absolute atomic E-state index is 0.00476. The minimum Gasteiger partial charge on any atom is -0.323 e. The molecule has 2 aromatic heterocycles. The second kappa shape index (κ2) is 8.52. The number of hydrogen-bond donors (Lipinski definition) is 1. The van der Waals surface area contributed by atoms with E-state index >= 15 is 0 Å². The van der Waals surface area contributed by atoms with Gasteiger partial charge in [-0.3, -0.25) is 14.2 Å². The monoisotopic (exact) mass is 437 g/mol. The van der Waals surface area contributed by atoms with Gasteiger partial charge in [0.2, 0.25) is 5.91 Å². The zero-order chi connectivity index (χ0) is 22.9. The van der Waals surface area contributed by atoms with Crippen LogP contribution in [0.25, 0.3) is 0 Å². The lowest BCUT2D eigenvalue weighted by molar-refractivity contribution is -0.141. The van der Waals surface area contributed by atoms with Gasteiger partial charge in [-0.1, -0.05) is 25.1 Å². The molecule has 1 amide bonds. The number of carbonyl (C=O) groups excluding carboxylic acids is 1. The zero-order valence-electron chi connectivity index (χ0n) is 17.6. The van der Waals surface area contributed by atoms with Crippen LogP contribution in [0.2, 0.25) is 0 Å². The molecular formula is C21H23F4N5O. The van der Waals surface area contributed by atoms with Crippen LogP contribution < -0.4 is 5.32 Å². The Morgan fingerprint density at radius 1 is 1.13 bits per heavy atom. The number of alkyl halides is 3. The van der Waals surface area contributed by atoms with Crippen molar-refractivity contribution in [3.05, 3.63) is 64.5 Å². The van der Waals surface area contributed by atoms with E-state index in [4.69, 9.17) is 0 Å². The van der Waals surface area contributed by atoms with E-state index in [1.807, 2.05) is 0 Å². The fourth-order valence-corrected chi connectivity index (χ4v) is 3.24. The highest BCUT2D eigenvalue weighted by Crippen LogP contribution is 2.29. The van der Waals surface area contributed by atoms with E-state index in [9.17, 15) is 22.4 Å². The van der Waals surface area contributed by atoms with E-state index in [-0.39, 0.29) is 24.8 Å². The maximum Gasteiger partial charge on any atom is 0.435 e. The van der Waals surface area contributed by atoms with Crippen molar-refractivity contribution in [1.82, 2.24) is 19.6 Å². The Hall–Kier alpha value is -3.17. The van der Waals surface area contributed by atoms with Crippen LogP contribution in [0, 0.1) is 32.5 Å². The molecule has 10 heteroatoms. The van der Waals surface area contributed by atoms with E-state index in [1.165, 1.54) is 17.7 Å². The van der Waals surface area contributed by atoms with Crippen molar-refractivity contribution in [2.75, 3.05) is 5.32 Å². The van der Waals surface area contributed by atoms with Crippen LogP contribution >= 0.6 is 0 Å². The number of benzene rings is 1. The van der Waals surface area contributed by atoms with Crippen molar-refractivity contribution >= 4 is 11.6 Å². The van der Waals surface area contributed by atoms with Crippen LogP contribution in [0.4, 0.5) is 23.2 Å². The second-order valence-corrected chi connectivity index (χ2v) is 7.54. The van der Waals surface area contributed by atoms with Gasteiger partial charge in [0.1, 0.15) is 5.82 Å². The largest absolute Gasteiger partial charge is 0.435 e. The number of rotatable bonds is 6. The summed E-state index contributed by atoms with van der Waals surface area (Å²) < 4.78 is 55.3. The number of nitrogens with zero attached hydrogens (tertiary/aromatic N) is 4. The summed E-state index contributed by atoms with van der Waals surface area (Å²) in [7, 11) is 0. The molecule has 0 saturated carbocycles. The van der Waals surface area contributed by atoms with E-state index in [1.54, 1.807) is 43.7 Å². The molecule has 166 valence electrons. The van der Waals surface area contributed by atoms with E-state index in [2.05, 4.69) is 15.5 Å². The first-order valence-corrected chi connectivity index (χ1v) is 9.67. The number of carbonyl (C=O) groups is 1. The van der Waals surface area contributed by atoms with Crippen LogP contribution in [-0.4, -0.2) is 25.5 Å². The maximum absolute atomic E-state index is 14.0. The number of aromatic nitrogens is 4. The lowest BCUT2D eigenvalue weighted by Crippen LogP contribution is -2.26. The number of anilines is 1. The molecule has 0 bridgehead atoms. The minimum atomic E-state index is -4.54. The standard InChI is InChI=1S/C21H23F4N5O/c1-12(10-29-13(2)9-18(28-29)21(23,24)25)20(31)26-19-14(3)27-30(15(19)4)11-16-7-5-6-8-17(16)22/h5-9,12H,10-11H2,1-4H3,(H,26,31). The first-order valence-electron chi connectivity index (χ1n) is 9.67. The zero-order valence-corrected chi connectivity index (χ0v) is 17.6. The quantitative estimate of drug-likeness (QED) is 0.578. The molecule has 0 aliphatic carbocycles. The summed E-state index contributed by atoms with van der Waals surface area (Å²) in [6.45, 7) is 6.80. The fraction of sp³-hybridized carbons (Fsp3) is 0.381. The van der Waals surface area contributed by atoms with Gasteiger partial charge in [-0.15, -0.1) is 0 Å². The van der Waals surface area contributed by atoms with Crippen molar-refractivity contribution in [3.63, 3.8) is 0 Å². The first kappa shape index (κ1) is 22.5. The highest BCUT2D eigenvalue weighted by atomic mass is 19.4.